The Morgan fingerprint density at radius 1 is 1.60 bits per heavy atom. The van der Waals surface area contributed by atoms with Crippen LogP contribution in [0.4, 0.5) is 0 Å². The van der Waals surface area contributed by atoms with Crippen LogP contribution in [0.15, 0.2) is 12.7 Å². The highest BCUT2D eigenvalue weighted by Gasteiger charge is 2.34. The number of hydroxylamine groups is 2. The first-order valence-electron chi connectivity index (χ1n) is 3.63. The van der Waals surface area contributed by atoms with Gasteiger partial charge < -0.3 is 0 Å². The monoisotopic (exact) mass is 141 g/mol. The molecule has 0 saturated carbocycles. The van der Waals surface area contributed by atoms with Gasteiger partial charge in [0.1, 0.15) is 0 Å². The van der Waals surface area contributed by atoms with E-state index in [9.17, 15) is 0 Å². The Bertz CT molecular complexity index is 123. The van der Waals surface area contributed by atoms with Crippen LogP contribution in [-0.4, -0.2) is 24.8 Å². The fourth-order valence-corrected chi connectivity index (χ4v) is 1.16. The molecular weight excluding hydrogens is 126 g/mol. The first kappa shape index (κ1) is 7.76. The van der Waals surface area contributed by atoms with Crippen LogP contribution in [-0.2, 0) is 4.84 Å². The van der Waals surface area contributed by atoms with Crippen LogP contribution in [0.5, 0.6) is 0 Å². The molecule has 0 aromatic rings. The first-order valence-corrected chi connectivity index (χ1v) is 3.63. The summed E-state index contributed by atoms with van der Waals surface area (Å²) in [6, 6.07) is 0. The van der Waals surface area contributed by atoms with E-state index in [2.05, 4.69) is 20.4 Å². The molecule has 10 heavy (non-hydrogen) atoms. The van der Waals surface area contributed by atoms with E-state index in [4.69, 9.17) is 4.84 Å². The van der Waals surface area contributed by atoms with Crippen molar-refractivity contribution in [1.29, 1.82) is 0 Å². The average molecular weight is 141 g/mol. The van der Waals surface area contributed by atoms with E-state index in [0.717, 1.165) is 13.1 Å². The summed E-state index contributed by atoms with van der Waals surface area (Å²) >= 11 is 0. The molecule has 1 heterocycles. The topological polar surface area (TPSA) is 12.5 Å². The molecule has 1 fully saturated rings. The maximum absolute atomic E-state index is 5.28. The largest absolute Gasteiger partial charge is 0.295 e. The van der Waals surface area contributed by atoms with E-state index in [1.165, 1.54) is 0 Å². The van der Waals surface area contributed by atoms with E-state index < -0.39 is 0 Å². The quantitative estimate of drug-likeness (QED) is 0.551. The Morgan fingerprint density at radius 2 is 2.20 bits per heavy atom. The summed E-state index contributed by atoms with van der Waals surface area (Å²) in [5, 5.41) is 1.97. The van der Waals surface area contributed by atoms with Gasteiger partial charge in [-0.15, -0.1) is 6.58 Å². The Labute approximate surface area is 62.4 Å². The average Bonchev–Trinajstić information content (AvgIpc) is 1.78. The minimum Gasteiger partial charge on any atom is -0.295 e. The van der Waals surface area contributed by atoms with E-state index in [-0.39, 0.29) is 0 Å². The highest BCUT2D eigenvalue weighted by atomic mass is 16.7. The van der Waals surface area contributed by atoms with Crippen LogP contribution in [0.3, 0.4) is 0 Å². The summed E-state index contributed by atoms with van der Waals surface area (Å²) in [4.78, 5) is 5.28. The lowest BCUT2D eigenvalue weighted by atomic mass is 9.86. The SMILES string of the molecule is C=CCON1CC(C)(C)C1. The second-order valence-corrected chi connectivity index (χ2v) is 3.55. The molecule has 0 aliphatic carbocycles. The molecule has 0 amide bonds. The van der Waals surface area contributed by atoms with Gasteiger partial charge >= 0.3 is 0 Å². The third kappa shape index (κ3) is 1.82. The van der Waals surface area contributed by atoms with Crippen LogP contribution in [0.2, 0.25) is 0 Å². The van der Waals surface area contributed by atoms with Gasteiger partial charge in [-0.2, -0.15) is 5.06 Å². The van der Waals surface area contributed by atoms with Crippen molar-refractivity contribution in [1.82, 2.24) is 5.06 Å². The molecule has 0 radical (unpaired) electrons. The molecule has 1 aliphatic heterocycles. The summed E-state index contributed by atoms with van der Waals surface area (Å²) in [5.74, 6) is 0. The number of hydrogen-bond donors (Lipinski definition) is 0. The van der Waals surface area contributed by atoms with Gasteiger partial charge in [0, 0.05) is 13.1 Å². The van der Waals surface area contributed by atoms with Crippen LogP contribution in [0, 0.1) is 5.41 Å². The van der Waals surface area contributed by atoms with E-state index in [0.29, 0.717) is 12.0 Å². The smallest absolute Gasteiger partial charge is 0.0864 e. The van der Waals surface area contributed by atoms with E-state index in [1.807, 2.05) is 5.06 Å². The zero-order valence-corrected chi connectivity index (χ0v) is 6.76. The zero-order valence-electron chi connectivity index (χ0n) is 6.76. The third-order valence-corrected chi connectivity index (χ3v) is 1.58. The minimum absolute atomic E-state index is 0.459. The number of rotatable bonds is 3. The first-order chi connectivity index (χ1) is 4.64. The Hall–Kier alpha value is -0.340. The predicted molar refractivity (Wildman–Crippen MR) is 41.5 cm³/mol. The fraction of sp³-hybridized carbons (Fsp3) is 0.750. The van der Waals surface area contributed by atoms with Crippen molar-refractivity contribution in [2.45, 2.75) is 13.8 Å². The summed E-state index contributed by atoms with van der Waals surface area (Å²) in [7, 11) is 0. The summed E-state index contributed by atoms with van der Waals surface area (Å²) < 4.78 is 0. The predicted octanol–water partition coefficient (Wildman–Crippen LogP) is 1.45. The summed E-state index contributed by atoms with van der Waals surface area (Å²) in [6.07, 6.45) is 1.77. The maximum Gasteiger partial charge on any atom is 0.0864 e. The molecule has 1 saturated heterocycles. The van der Waals surface area contributed by atoms with Crippen LogP contribution < -0.4 is 0 Å². The van der Waals surface area contributed by atoms with E-state index in [1.54, 1.807) is 6.08 Å². The molecule has 1 aliphatic rings. The molecule has 58 valence electrons. The molecule has 0 aromatic heterocycles. The second-order valence-electron chi connectivity index (χ2n) is 3.55. The standard InChI is InChI=1S/C8H15NO/c1-4-5-10-9-6-8(2,3)7-9/h4H,1,5-7H2,2-3H3. The van der Waals surface area contributed by atoms with E-state index >= 15 is 0 Å². The molecule has 0 aromatic carbocycles. The van der Waals surface area contributed by atoms with Crippen molar-refractivity contribution in [3.05, 3.63) is 12.7 Å². The van der Waals surface area contributed by atoms with Crippen molar-refractivity contribution < 1.29 is 4.84 Å². The Kier molecular flexibility index (Phi) is 2.11. The van der Waals surface area contributed by atoms with Crippen LogP contribution in [0.1, 0.15) is 13.8 Å². The van der Waals surface area contributed by atoms with Crippen molar-refractivity contribution in [2.75, 3.05) is 19.7 Å². The number of hydrogen-bond acceptors (Lipinski definition) is 2. The van der Waals surface area contributed by atoms with Crippen LogP contribution >= 0.6 is 0 Å². The van der Waals surface area contributed by atoms with Crippen molar-refractivity contribution in [3.63, 3.8) is 0 Å². The maximum atomic E-state index is 5.28. The number of nitrogens with zero attached hydrogens (tertiary/aromatic N) is 1. The third-order valence-electron chi connectivity index (χ3n) is 1.58. The van der Waals surface area contributed by atoms with Gasteiger partial charge in [0.05, 0.1) is 6.61 Å². The molecule has 0 N–H and O–H groups in total. The second kappa shape index (κ2) is 2.72. The minimum atomic E-state index is 0.459. The van der Waals surface area contributed by atoms with Crippen LogP contribution in [0.25, 0.3) is 0 Å². The molecule has 0 atom stereocenters. The normalized spacial score (nSPS) is 23.8. The highest BCUT2D eigenvalue weighted by Crippen LogP contribution is 2.28. The highest BCUT2D eigenvalue weighted by molar-refractivity contribution is 4.83. The Balaban J connectivity index is 2.08. The molecule has 0 bridgehead atoms. The summed E-state index contributed by atoms with van der Waals surface area (Å²) in [6.45, 7) is 10.8. The lowest BCUT2D eigenvalue weighted by Crippen LogP contribution is -2.52. The summed E-state index contributed by atoms with van der Waals surface area (Å²) in [5.41, 5.74) is 0.459. The Morgan fingerprint density at radius 3 is 2.60 bits per heavy atom. The molecule has 0 unspecified atom stereocenters. The van der Waals surface area contributed by atoms with Crippen molar-refractivity contribution in [3.8, 4) is 0 Å². The zero-order chi connectivity index (χ0) is 7.61. The van der Waals surface area contributed by atoms with Gasteiger partial charge in [-0.3, -0.25) is 4.84 Å². The molecule has 1 rings (SSSR count). The van der Waals surface area contributed by atoms with Crippen molar-refractivity contribution in [2.24, 2.45) is 5.41 Å². The van der Waals surface area contributed by atoms with Gasteiger partial charge in [0.15, 0.2) is 0 Å². The molecule has 0 spiro atoms. The molecule has 2 heteroatoms. The molecular formula is C8H15NO. The van der Waals surface area contributed by atoms with Gasteiger partial charge in [0.2, 0.25) is 0 Å². The van der Waals surface area contributed by atoms with Gasteiger partial charge in [0.25, 0.3) is 0 Å². The van der Waals surface area contributed by atoms with Gasteiger partial charge in [-0.05, 0) is 5.41 Å². The van der Waals surface area contributed by atoms with Crippen molar-refractivity contribution >= 4 is 0 Å². The lowest BCUT2D eigenvalue weighted by Gasteiger charge is -2.44. The van der Waals surface area contributed by atoms with Gasteiger partial charge in [-0.25, -0.2) is 0 Å². The fourth-order valence-electron chi connectivity index (χ4n) is 1.16. The molecule has 2 nitrogen and oxygen atoms in total. The lowest BCUT2D eigenvalue weighted by molar-refractivity contribution is -0.234. The van der Waals surface area contributed by atoms with Gasteiger partial charge in [-0.1, -0.05) is 19.9 Å².